The Hall–Kier alpha value is -3.60. The van der Waals surface area contributed by atoms with Gasteiger partial charge in [-0.25, -0.2) is 4.79 Å². The highest BCUT2D eigenvalue weighted by Gasteiger charge is 2.32. The van der Waals surface area contributed by atoms with Crippen LogP contribution in [0.4, 0.5) is 0 Å². The third-order valence-electron chi connectivity index (χ3n) is 4.56. The fraction of sp³-hybridized carbons (Fsp3) is 0.130. The zero-order valence-corrected chi connectivity index (χ0v) is 15.4. The minimum absolute atomic E-state index is 0.368. The predicted molar refractivity (Wildman–Crippen MR) is 107 cm³/mol. The number of methoxy groups -OCH3 is 1. The number of nitrogens with one attached hydrogen (secondary N) is 1. The van der Waals surface area contributed by atoms with E-state index in [4.69, 9.17) is 4.74 Å². The van der Waals surface area contributed by atoms with E-state index >= 15 is 0 Å². The van der Waals surface area contributed by atoms with Crippen LogP contribution in [0.15, 0.2) is 84.9 Å². The molecule has 142 valence electrons. The Morgan fingerprint density at radius 3 is 1.75 bits per heavy atom. The summed E-state index contributed by atoms with van der Waals surface area (Å²) < 4.78 is 5.10. The average Bonchev–Trinajstić information content (AvgIpc) is 2.74. The van der Waals surface area contributed by atoms with E-state index in [-0.39, 0.29) is 0 Å². The van der Waals surface area contributed by atoms with E-state index in [9.17, 15) is 14.7 Å². The molecule has 0 spiro atoms. The molecule has 1 amide bonds. The van der Waals surface area contributed by atoms with E-state index in [2.05, 4.69) is 5.32 Å². The number of ether oxygens (including phenoxy) is 1. The summed E-state index contributed by atoms with van der Waals surface area (Å²) in [5, 5.41) is 12.6. The zero-order chi connectivity index (χ0) is 19.9. The van der Waals surface area contributed by atoms with Gasteiger partial charge in [-0.15, -0.1) is 0 Å². The maximum Gasteiger partial charge on any atom is 0.327 e. The number of carboxylic acid groups (broad SMARTS) is 1. The summed E-state index contributed by atoms with van der Waals surface area (Å²) in [7, 11) is 1.54. The molecule has 0 bridgehead atoms. The molecule has 0 saturated carbocycles. The molecule has 0 radical (unpaired) electrons. The summed E-state index contributed by atoms with van der Waals surface area (Å²) in [5.74, 6) is -1.45. The van der Waals surface area contributed by atoms with Gasteiger partial charge in [-0.1, -0.05) is 60.7 Å². The van der Waals surface area contributed by atoms with Crippen LogP contribution in [0.2, 0.25) is 0 Å². The Labute approximate surface area is 163 Å². The molecule has 3 aromatic carbocycles. The number of carbonyl (C=O) groups is 2. The number of carbonyl (C=O) groups excluding carboxylic acids is 1. The molecule has 0 fully saturated rings. The quantitative estimate of drug-likeness (QED) is 0.660. The van der Waals surface area contributed by atoms with Gasteiger partial charge in [0.2, 0.25) is 0 Å². The summed E-state index contributed by atoms with van der Waals surface area (Å²) in [6, 6.07) is 24.1. The smallest absolute Gasteiger partial charge is 0.327 e. The average molecular weight is 375 g/mol. The van der Waals surface area contributed by atoms with Gasteiger partial charge in [0.25, 0.3) is 5.91 Å². The van der Waals surface area contributed by atoms with E-state index < -0.39 is 23.8 Å². The maximum atomic E-state index is 12.7. The van der Waals surface area contributed by atoms with Crippen LogP contribution in [0.25, 0.3) is 0 Å². The molecule has 0 aliphatic carbocycles. The van der Waals surface area contributed by atoms with Crippen LogP contribution in [-0.2, 0) is 4.79 Å². The number of carboxylic acids is 1. The second-order valence-electron chi connectivity index (χ2n) is 6.32. The molecule has 5 nitrogen and oxygen atoms in total. The summed E-state index contributed by atoms with van der Waals surface area (Å²) >= 11 is 0. The maximum absolute atomic E-state index is 12.7. The lowest BCUT2D eigenvalue weighted by Gasteiger charge is -2.26. The molecule has 0 aromatic heterocycles. The van der Waals surface area contributed by atoms with Crippen molar-refractivity contribution >= 4 is 11.9 Å². The van der Waals surface area contributed by atoms with Gasteiger partial charge in [-0.2, -0.15) is 0 Å². The first-order chi connectivity index (χ1) is 13.6. The first-order valence-electron chi connectivity index (χ1n) is 8.87. The normalized spacial score (nSPS) is 11.6. The molecule has 1 atom stereocenters. The van der Waals surface area contributed by atoms with Gasteiger partial charge < -0.3 is 15.2 Å². The Balaban J connectivity index is 1.95. The van der Waals surface area contributed by atoms with Crippen molar-refractivity contribution in [1.82, 2.24) is 5.32 Å². The molecule has 0 aliphatic heterocycles. The SMILES string of the molecule is COc1ccc(C(=O)NC(C(=O)O)C(c2ccccc2)c2ccccc2)cc1. The lowest BCUT2D eigenvalue weighted by molar-refractivity contribution is -0.139. The monoisotopic (exact) mass is 375 g/mol. The topological polar surface area (TPSA) is 75.6 Å². The van der Waals surface area contributed by atoms with E-state index in [0.29, 0.717) is 11.3 Å². The van der Waals surface area contributed by atoms with Gasteiger partial charge in [-0.3, -0.25) is 4.79 Å². The molecular formula is C23H21NO4. The number of hydrogen-bond acceptors (Lipinski definition) is 3. The van der Waals surface area contributed by atoms with Gasteiger partial charge in [0.1, 0.15) is 11.8 Å². The lowest BCUT2D eigenvalue weighted by Crippen LogP contribution is -2.45. The molecule has 0 aliphatic rings. The zero-order valence-electron chi connectivity index (χ0n) is 15.4. The molecule has 0 saturated heterocycles. The first-order valence-corrected chi connectivity index (χ1v) is 8.87. The summed E-state index contributed by atoms with van der Waals surface area (Å²) in [5.41, 5.74) is 2.00. The van der Waals surface area contributed by atoms with Crippen molar-refractivity contribution < 1.29 is 19.4 Å². The molecule has 0 heterocycles. The Morgan fingerprint density at radius 2 is 1.32 bits per heavy atom. The minimum Gasteiger partial charge on any atom is -0.497 e. The van der Waals surface area contributed by atoms with Gasteiger partial charge >= 0.3 is 5.97 Å². The summed E-state index contributed by atoms with van der Waals surface area (Å²) in [4.78, 5) is 24.8. The van der Waals surface area contributed by atoms with Crippen molar-refractivity contribution in [3.05, 3.63) is 102 Å². The largest absolute Gasteiger partial charge is 0.497 e. The second kappa shape index (κ2) is 8.86. The number of benzene rings is 3. The van der Waals surface area contributed by atoms with E-state index in [1.807, 2.05) is 60.7 Å². The Kier molecular flexibility index (Phi) is 6.07. The Morgan fingerprint density at radius 1 is 0.821 bits per heavy atom. The van der Waals surface area contributed by atoms with E-state index in [0.717, 1.165) is 11.1 Å². The van der Waals surface area contributed by atoms with Crippen molar-refractivity contribution in [3.63, 3.8) is 0 Å². The van der Waals surface area contributed by atoms with Gasteiger partial charge in [0.05, 0.1) is 7.11 Å². The third kappa shape index (κ3) is 4.38. The predicted octanol–water partition coefficient (Wildman–Crippen LogP) is 3.71. The van der Waals surface area contributed by atoms with Crippen molar-refractivity contribution in [3.8, 4) is 5.75 Å². The molecular weight excluding hydrogens is 354 g/mol. The molecule has 2 N–H and O–H groups in total. The van der Waals surface area contributed by atoms with Crippen molar-refractivity contribution in [2.24, 2.45) is 0 Å². The number of amides is 1. The van der Waals surface area contributed by atoms with Crippen molar-refractivity contribution in [1.29, 1.82) is 0 Å². The van der Waals surface area contributed by atoms with Gasteiger partial charge in [-0.05, 0) is 35.4 Å². The van der Waals surface area contributed by atoms with E-state index in [1.165, 1.54) is 0 Å². The van der Waals surface area contributed by atoms with Crippen LogP contribution in [-0.4, -0.2) is 30.1 Å². The van der Waals surface area contributed by atoms with Crippen LogP contribution in [0, 0.1) is 0 Å². The third-order valence-corrected chi connectivity index (χ3v) is 4.56. The van der Waals surface area contributed by atoms with E-state index in [1.54, 1.807) is 31.4 Å². The van der Waals surface area contributed by atoms with Crippen LogP contribution in [0.1, 0.15) is 27.4 Å². The highest BCUT2D eigenvalue weighted by molar-refractivity contribution is 5.97. The summed E-state index contributed by atoms with van der Waals surface area (Å²) in [6.45, 7) is 0. The van der Waals surface area contributed by atoms with Crippen LogP contribution in [0.3, 0.4) is 0 Å². The van der Waals surface area contributed by atoms with Crippen molar-refractivity contribution in [2.75, 3.05) is 7.11 Å². The molecule has 3 aromatic rings. The number of hydrogen-bond donors (Lipinski definition) is 2. The molecule has 1 unspecified atom stereocenters. The second-order valence-corrected chi connectivity index (χ2v) is 6.32. The minimum atomic E-state index is -1.13. The summed E-state index contributed by atoms with van der Waals surface area (Å²) in [6.07, 6.45) is 0. The van der Waals surface area contributed by atoms with Gasteiger partial charge in [0, 0.05) is 11.5 Å². The fourth-order valence-corrected chi connectivity index (χ4v) is 3.15. The first kappa shape index (κ1) is 19.2. The van der Waals surface area contributed by atoms with Crippen LogP contribution < -0.4 is 10.1 Å². The van der Waals surface area contributed by atoms with Crippen molar-refractivity contribution in [2.45, 2.75) is 12.0 Å². The molecule has 28 heavy (non-hydrogen) atoms. The molecule has 3 rings (SSSR count). The van der Waals surface area contributed by atoms with Gasteiger partial charge in [0.15, 0.2) is 0 Å². The highest BCUT2D eigenvalue weighted by atomic mass is 16.5. The fourth-order valence-electron chi connectivity index (χ4n) is 3.15. The lowest BCUT2D eigenvalue weighted by atomic mass is 9.85. The number of aliphatic carboxylic acids is 1. The Bertz CT molecular complexity index is 884. The van der Waals surface area contributed by atoms with Crippen LogP contribution in [0.5, 0.6) is 5.75 Å². The molecule has 5 heteroatoms. The highest BCUT2D eigenvalue weighted by Crippen LogP contribution is 2.28. The number of rotatable bonds is 7. The standard InChI is InChI=1S/C23H21NO4/c1-28-19-14-12-18(13-15-19)22(25)24-21(23(26)27)20(16-8-4-2-5-9-16)17-10-6-3-7-11-17/h2-15,20-21H,1H3,(H,24,25)(H,26,27). The van der Waals surface area contributed by atoms with Crippen LogP contribution >= 0.6 is 0 Å².